The molecule has 0 saturated heterocycles. The number of benzene rings is 3. The molecule has 1 amide bonds. The van der Waals surface area contributed by atoms with Gasteiger partial charge in [0.2, 0.25) is 0 Å². The topological polar surface area (TPSA) is 78.5 Å². The van der Waals surface area contributed by atoms with Crippen LogP contribution in [-0.4, -0.2) is 45.9 Å². The van der Waals surface area contributed by atoms with E-state index in [0.717, 1.165) is 18.6 Å². The molecule has 6 nitrogen and oxygen atoms in total. The normalized spacial score (nSPS) is 12.4. The van der Waals surface area contributed by atoms with E-state index in [2.05, 4.69) is 27.1 Å². The maximum absolute atomic E-state index is 13.0. The molecule has 8 heteroatoms. The Morgan fingerprint density at radius 3 is 2.16 bits per heavy atom. The van der Waals surface area contributed by atoms with Gasteiger partial charge in [-0.05, 0) is 74.6 Å². The number of nitrogens with one attached hydrogen (secondary N) is 2. The summed E-state index contributed by atoms with van der Waals surface area (Å²) in [6, 6.07) is 20.9. The van der Waals surface area contributed by atoms with Crippen molar-refractivity contribution >= 4 is 21.6 Å². The molecule has 0 aliphatic rings. The van der Waals surface area contributed by atoms with Gasteiger partial charge in [-0.25, -0.2) is 12.8 Å². The summed E-state index contributed by atoms with van der Waals surface area (Å²) >= 11 is 0. The molecule has 3 aromatic rings. The van der Waals surface area contributed by atoms with Crippen molar-refractivity contribution in [3.63, 3.8) is 0 Å². The number of carbonyl (C=O) groups is 1. The number of halogens is 1. The van der Waals surface area contributed by atoms with Crippen LogP contribution in [0.1, 0.15) is 15.9 Å². The van der Waals surface area contributed by atoms with Crippen LogP contribution in [0.2, 0.25) is 0 Å². The molecule has 2 N–H and O–H groups in total. The molecule has 3 rings (SSSR count). The number of anilines is 1. The minimum Gasteiger partial charge on any atom is -0.350 e. The lowest BCUT2D eigenvalue weighted by Gasteiger charge is -2.24. The van der Waals surface area contributed by atoms with E-state index < -0.39 is 15.8 Å². The second-order valence-corrected chi connectivity index (χ2v) is 9.34. The lowest BCUT2D eigenvalue weighted by Crippen LogP contribution is -2.41. The first-order valence-electron chi connectivity index (χ1n) is 10.1. The van der Waals surface area contributed by atoms with Crippen LogP contribution in [0.15, 0.2) is 83.8 Å². The first-order chi connectivity index (χ1) is 15.2. The molecule has 0 unspecified atom stereocenters. The van der Waals surface area contributed by atoms with Crippen LogP contribution in [0.25, 0.3) is 0 Å². The molecule has 3 aromatic carbocycles. The van der Waals surface area contributed by atoms with Crippen molar-refractivity contribution < 1.29 is 17.6 Å². The van der Waals surface area contributed by atoms with Crippen LogP contribution in [0.5, 0.6) is 0 Å². The monoisotopic (exact) mass is 455 g/mol. The van der Waals surface area contributed by atoms with Crippen molar-refractivity contribution in [2.75, 3.05) is 25.4 Å². The highest BCUT2D eigenvalue weighted by Crippen LogP contribution is 2.17. The Balaban J connectivity index is 1.60. The minimum atomic E-state index is -3.85. The fourth-order valence-corrected chi connectivity index (χ4v) is 4.21. The lowest BCUT2D eigenvalue weighted by molar-refractivity contribution is 0.0941. The van der Waals surface area contributed by atoms with Gasteiger partial charge < -0.3 is 10.2 Å². The Morgan fingerprint density at radius 2 is 1.56 bits per heavy atom. The number of likely N-dealkylation sites (N-methyl/N-ethyl adjacent to an activating group) is 1. The Hall–Kier alpha value is -3.23. The fourth-order valence-electron chi connectivity index (χ4n) is 3.15. The number of rotatable bonds is 9. The summed E-state index contributed by atoms with van der Waals surface area (Å²) in [6.07, 6.45) is 0.804. The van der Waals surface area contributed by atoms with Crippen molar-refractivity contribution in [2.45, 2.75) is 17.4 Å². The Labute approximate surface area is 188 Å². The average molecular weight is 456 g/mol. The third-order valence-electron chi connectivity index (χ3n) is 5.07. The summed E-state index contributed by atoms with van der Waals surface area (Å²) in [5.41, 5.74) is 1.92. The summed E-state index contributed by atoms with van der Waals surface area (Å²) in [4.78, 5) is 14.6. The fraction of sp³-hybridized carbons (Fsp3) is 0.208. The molecular weight excluding hydrogens is 429 g/mol. The molecule has 168 valence electrons. The molecule has 0 radical (unpaired) electrons. The van der Waals surface area contributed by atoms with E-state index in [1.165, 1.54) is 29.8 Å². The number of nitrogens with zero attached hydrogens (tertiary/aromatic N) is 1. The number of hydrogen-bond donors (Lipinski definition) is 2. The molecule has 0 bridgehead atoms. The van der Waals surface area contributed by atoms with Gasteiger partial charge in [-0.2, -0.15) is 0 Å². The summed E-state index contributed by atoms with van der Waals surface area (Å²) in [5.74, 6) is -0.752. The zero-order valence-electron chi connectivity index (χ0n) is 18.0. The largest absolute Gasteiger partial charge is 0.350 e. The molecule has 1 atom stereocenters. The number of carbonyl (C=O) groups excluding carboxylic acids is 1. The van der Waals surface area contributed by atoms with Crippen LogP contribution in [0.4, 0.5) is 10.1 Å². The second kappa shape index (κ2) is 10.4. The van der Waals surface area contributed by atoms with E-state index in [1.54, 1.807) is 12.1 Å². The highest BCUT2D eigenvalue weighted by atomic mass is 32.2. The summed E-state index contributed by atoms with van der Waals surface area (Å²) in [7, 11) is 0.101. The maximum Gasteiger partial charge on any atom is 0.261 e. The summed E-state index contributed by atoms with van der Waals surface area (Å²) in [5, 5.41) is 2.94. The van der Waals surface area contributed by atoms with Crippen molar-refractivity contribution in [1.29, 1.82) is 0 Å². The Bertz CT molecular complexity index is 1130. The SMILES string of the molecule is CN(C)[C@@H](CNC(=O)c1ccc(NS(=O)(=O)c2ccc(F)cc2)cc1)Cc1ccccc1. The highest BCUT2D eigenvalue weighted by molar-refractivity contribution is 7.92. The second-order valence-electron chi connectivity index (χ2n) is 7.65. The van der Waals surface area contributed by atoms with Crippen LogP contribution in [-0.2, 0) is 16.4 Å². The molecular formula is C24H26FN3O3S. The first-order valence-corrected chi connectivity index (χ1v) is 11.6. The number of amides is 1. The first kappa shape index (κ1) is 23.4. The van der Waals surface area contributed by atoms with Crippen molar-refractivity contribution in [2.24, 2.45) is 0 Å². The minimum absolute atomic E-state index is 0.0473. The van der Waals surface area contributed by atoms with Crippen molar-refractivity contribution in [1.82, 2.24) is 10.2 Å². The van der Waals surface area contributed by atoms with Crippen molar-refractivity contribution in [3.05, 3.63) is 95.8 Å². The van der Waals surface area contributed by atoms with E-state index in [-0.39, 0.29) is 16.8 Å². The van der Waals surface area contributed by atoms with Gasteiger partial charge in [0.05, 0.1) is 4.90 Å². The predicted octanol–water partition coefficient (Wildman–Crippen LogP) is 3.53. The van der Waals surface area contributed by atoms with Crippen LogP contribution < -0.4 is 10.0 Å². The molecule has 0 fully saturated rings. The summed E-state index contributed by atoms with van der Waals surface area (Å²) in [6.45, 7) is 0.472. The molecule has 0 aliphatic carbocycles. The molecule has 0 aromatic heterocycles. The van der Waals surface area contributed by atoms with Crippen LogP contribution in [0.3, 0.4) is 0 Å². The summed E-state index contributed by atoms with van der Waals surface area (Å²) < 4.78 is 40.3. The van der Waals surface area contributed by atoms with Gasteiger partial charge in [-0.15, -0.1) is 0 Å². The van der Waals surface area contributed by atoms with E-state index in [0.29, 0.717) is 17.8 Å². The molecule has 0 saturated carbocycles. The Morgan fingerprint density at radius 1 is 0.938 bits per heavy atom. The standard InChI is InChI=1S/C24H26FN3O3S/c1-28(2)22(16-18-6-4-3-5-7-18)17-26-24(29)19-8-12-21(13-9-19)27-32(30,31)23-14-10-20(25)11-15-23/h3-15,22,27H,16-17H2,1-2H3,(H,26,29)/t22-/m1/s1. The zero-order chi connectivity index (χ0) is 23.1. The van der Waals surface area contributed by atoms with E-state index >= 15 is 0 Å². The predicted molar refractivity (Wildman–Crippen MR) is 124 cm³/mol. The average Bonchev–Trinajstić information content (AvgIpc) is 2.77. The van der Waals surface area contributed by atoms with Gasteiger partial charge in [0, 0.05) is 23.8 Å². The van der Waals surface area contributed by atoms with Crippen LogP contribution in [0, 0.1) is 5.82 Å². The molecule has 0 spiro atoms. The van der Waals surface area contributed by atoms with Gasteiger partial charge in [0.25, 0.3) is 15.9 Å². The van der Waals surface area contributed by atoms with Crippen molar-refractivity contribution in [3.8, 4) is 0 Å². The molecule has 0 heterocycles. The number of sulfonamides is 1. The third kappa shape index (κ3) is 6.38. The van der Waals surface area contributed by atoms with Gasteiger partial charge in [0.1, 0.15) is 5.82 Å². The van der Waals surface area contributed by atoms with Gasteiger partial charge >= 0.3 is 0 Å². The Kier molecular flexibility index (Phi) is 7.61. The van der Waals surface area contributed by atoms with Gasteiger partial charge in [-0.1, -0.05) is 30.3 Å². The highest BCUT2D eigenvalue weighted by Gasteiger charge is 2.16. The molecule has 32 heavy (non-hydrogen) atoms. The quantitative estimate of drug-likeness (QED) is 0.518. The van der Waals surface area contributed by atoms with Crippen LogP contribution >= 0.6 is 0 Å². The van der Waals surface area contributed by atoms with E-state index in [9.17, 15) is 17.6 Å². The van der Waals surface area contributed by atoms with Gasteiger partial charge in [-0.3, -0.25) is 9.52 Å². The van der Waals surface area contributed by atoms with Gasteiger partial charge in [0.15, 0.2) is 0 Å². The molecule has 0 aliphatic heterocycles. The smallest absolute Gasteiger partial charge is 0.261 e. The maximum atomic E-state index is 13.0. The van der Waals surface area contributed by atoms with E-state index in [4.69, 9.17) is 0 Å². The third-order valence-corrected chi connectivity index (χ3v) is 6.46. The zero-order valence-corrected chi connectivity index (χ0v) is 18.8. The number of hydrogen-bond acceptors (Lipinski definition) is 4. The van der Waals surface area contributed by atoms with E-state index in [1.807, 2.05) is 32.3 Å². The lowest BCUT2D eigenvalue weighted by atomic mass is 10.0.